The molecule has 0 radical (unpaired) electrons. The number of hydrogen-bond donors (Lipinski definition) is 3. The quantitative estimate of drug-likeness (QED) is 0.270. The number of carboxylic acid groups (broad SMARTS) is 1. The molecule has 0 saturated heterocycles. The summed E-state index contributed by atoms with van der Waals surface area (Å²) in [6, 6.07) is 20.1. The molecule has 0 bridgehead atoms. The lowest BCUT2D eigenvalue weighted by molar-refractivity contribution is -0.287. The first kappa shape index (κ1) is 24.3. The van der Waals surface area contributed by atoms with Gasteiger partial charge < -0.3 is 9.67 Å². The molecule has 3 aromatic rings. The minimum Gasteiger partial charge on any atom is -0.481 e. The molecular weight excluding hydrogens is 420 g/mol. The summed E-state index contributed by atoms with van der Waals surface area (Å²) >= 11 is 0. The van der Waals surface area contributed by atoms with Crippen LogP contribution in [0.5, 0.6) is 0 Å². The van der Waals surface area contributed by atoms with E-state index in [1.54, 1.807) is 26.6 Å². The van der Waals surface area contributed by atoms with Gasteiger partial charge in [0, 0.05) is 32.9 Å². The maximum atomic E-state index is 11.6. The van der Waals surface area contributed by atoms with Gasteiger partial charge in [0.15, 0.2) is 0 Å². The first-order valence-corrected chi connectivity index (χ1v) is 10.7. The van der Waals surface area contributed by atoms with Crippen molar-refractivity contribution >= 4 is 11.5 Å². The average Bonchev–Trinajstić information content (AvgIpc) is 3.34. The third-order valence-corrected chi connectivity index (χ3v) is 5.25. The van der Waals surface area contributed by atoms with Crippen LogP contribution in [0, 0.1) is 0 Å². The fraction of sp³-hybridized carbons (Fsp3) is 0.280. The molecule has 0 amide bonds. The molecule has 8 heteroatoms. The van der Waals surface area contributed by atoms with Crippen LogP contribution in [0.25, 0.3) is 5.57 Å². The highest BCUT2D eigenvalue weighted by Gasteiger charge is 2.36. The minimum atomic E-state index is -1.44. The van der Waals surface area contributed by atoms with Crippen molar-refractivity contribution in [2.24, 2.45) is 0 Å². The molecule has 1 atom stereocenters. The van der Waals surface area contributed by atoms with E-state index in [0.29, 0.717) is 0 Å². The zero-order valence-electron chi connectivity index (χ0n) is 18.8. The Morgan fingerprint density at radius 1 is 1.09 bits per heavy atom. The van der Waals surface area contributed by atoms with Crippen molar-refractivity contribution in [3.05, 3.63) is 96.6 Å². The van der Waals surface area contributed by atoms with Gasteiger partial charge >= 0.3 is 5.97 Å². The van der Waals surface area contributed by atoms with E-state index in [0.717, 1.165) is 17.6 Å². The van der Waals surface area contributed by atoms with Crippen molar-refractivity contribution < 1.29 is 19.6 Å². The number of rotatable bonds is 13. The zero-order valence-corrected chi connectivity index (χ0v) is 18.8. The summed E-state index contributed by atoms with van der Waals surface area (Å²) in [4.78, 5) is 27.0. The Hall–Kier alpha value is -3.30. The predicted molar refractivity (Wildman–Crippen MR) is 126 cm³/mol. The van der Waals surface area contributed by atoms with Crippen LogP contribution in [0.3, 0.4) is 0 Å². The highest BCUT2D eigenvalue weighted by Crippen LogP contribution is 2.33. The van der Waals surface area contributed by atoms with Crippen LogP contribution in [0.1, 0.15) is 30.0 Å². The number of aromatic nitrogens is 2. The fourth-order valence-corrected chi connectivity index (χ4v) is 3.86. The van der Waals surface area contributed by atoms with E-state index in [9.17, 15) is 9.90 Å². The summed E-state index contributed by atoms with van der Waals surface area (Å²) < 4.78 is 2.06. The van der Waals surface area contributed by atoms with E-state index in [2.05, 4.69) is 32.6 Å². The number of hydrogen-bond acceptors (Lipinski definition) is 6. The Morgan fingerprint density at radius 3 is 2.27 bits per heavy atom. The summed E-state index contributed by atoms with van der Waals surface area (Å²) in [5.74, 6) is -2.48. The highest BCUT2D eigenvalue weighted by molar-refractivity contribution is 5.70. The molecule has 1 unspecified atom stereocenters. The van der Waals surface area contributed by atoms with Crippen LogP contribution in [-0.2, 0) is 20.9 Å². The van der Waals surface area contributed by atoms with Gasteiger partial charge in [-0.15, -0.1) is 0 Å². The molecule has 0 spiro atoms. The highest BCUT2D eigenvalue weighted by atomic mass is 16.8. The number of carboxylic acids is 1. The second-order valence-electron chi connectivity index (χ2n) is 7.54. The molecule has 0 aliphatic heterocycles. The SMILES string of the molecule is CNOC(CC=C(c1ccccc1)C(Cc1ccccc1)n1ccnc1)(CC(=O)O)ONC. The molecule has 0 aliphatic rings. The largest absolute Gasteiger partial charge is 0.481 e. The average molecular weight is 451 g/mol. The van der Waals surface area contributed by atoms with Crippen LogP contribution in [0.15, 0.2) is 85.5 Å². The van der Waals surface area contributed by atoms with Crippen LogP contribution in [-0.4, -0.2) is 40.5 Å². The molecule has 1 heterocycles. The number of aliphatic carboxylic acids is 1. The van der Waals surface area contributed by atoms with E-state index in [1.807, 2.05) is 60.8 Å². The molecule has 3 rings (SSSR count). The molecule has 2 aromatic carbocycles. The first-order valence-electron chi connectivity index (χ1n) is 10.7. The predicted octanol–water partition coefficient (Wildman–Crippen LogP) is 3.61. The van der Waals surface area contributed by atoms with Crippen molar-refractivity contribution in [3.63, 3.8) is 0 Å². The molecule has 174 valence electrons. The Balaban J connectivity index is 2.06. The lowest BCUT2D eigenvalue weighted by Gasteiger charge is -2.30. The van der Waals surface area contributed by atoms with Crippen molar-refractivity contribution in [1.82, 2.24) is 20.5 Å². The van der Waals surface area contributed by atoms with Crippen LogP contribution in [0.2, 0.25) is 0 Å². The van der Waals surface area contributed by atoms with Crippen LogP contribution < -0.4 is 11.0 Å². The number of nitrogens with one attached hydrogen (secondary N) is 2. The second kappa shape index (κ2) is 12.1. The monoisotopic (exact) mass is 450 g/mol. The van der Waals surface area contributed by atoms with Gasteiger partial charge in [0.2, 0.25) is 5.79 Å². The van der Waals surface area contributed by atoms with Gasteiger partial charge in [-0.1, -0.05) is 66.7 Å². The van der Waals surface area contributed by atoms with Crippen molar-refractivity contribution in [1.29, 1.82) is 0 Å². The van der Waals surface area contributed by atoms with E-state index >= 15 is 0 Å². The third-order valence-electron chi connectivity index (χ3n) is 5.25. The Kier molecular flexibility index (Phi) is 8.91. The lowest BCUT2D eigenvalue weighted by Crippen LogP contribution is -2.44. The van der Waals surface area contributed by atoms with Gasteiger partial charge in [0.05, 0.1) is 12.4 Å². The van der Waals surface area contributed by atoms with Crippen LogP contribution >= 0.6 is 0 Å². The topological polar surface area (TPSA) is 97.6 Å². The second-order valence-corrected chi connectivity index (χ2v) is 7.54. The summed E-state index contributed by atoms with van der Waals surface area (Å²) in [7, 11) is 3.14. The number of allylic oxidation sites excluding steroid dienone is 1. The lowest BCUT2D eigenvalue weighted by atomic mass is 9.91. The van der Waals surface area contributed by atoms with E-state index < -0.39 is 11.8 Å². The van der Waals surface area contributed by atoms with Crippen molar-refractivity contribution in [2.75, 3.05) is 14.1 Å². The zero-order chi connectivity index (χ0) is 23.5. The number of benzene rings is 2. The van der Waals surface area contributed by atoms with Gasteiger partial charge in [-0.25, -0.2) is 15.9 Å². The van der Waals surface area contributed by atoms with Crippen molar-refractivity contribution in [3.8, 4) is 0 Å². The summed E-state index contributed by atoms with van der Waals surface area (Å²) in [6.45, 7) is 0. The third kappa shape index (κ3) is 6.84. The summed E-state index contributed by atoms with van der Waals surface area (Å²) in [6.07, 6.45) is 8.02. The molecule has 8 nitrogen and oxygen atoms in total. The maximum Gasteiger partial charge on any atom is 0.308 e. The Bertz CT molecular complexity index is 1000. The minimum absolute atomic E-state index is 0.0796. The first-order chi connectivity index (χ1) is 16.1. The van der Waals surface area contributed by atoms with Gasteiger partial charge in [-0.2, -0.15) is 0 Å². The number of hydroxylamine groups is 2. The number of carbonyl (C=O) groups is 1. The smallest absolute Gasteiger partial charge is 0.308 e. The molecule has 0 fully saturated rings. The summed E-state index contributed by atoms with van der Waals surface area (Å²) in [5, 5.41) is 9.49. The van der Waals surface area contributed by atoms with Gasteiger partial charge in [-0.05, 0) is 23.1 Å². The maximum absolute atomic E-state index is 11.6. The standard InChI is InChI=1S/C25H30N4O4/c1-26-32-25(33-27-2,18-24(30)31)14-13-22(21-11-7-4-8-12-21)23(29-16-15-28-19-29)17-20-9-5-3-6-10-20/h3-13,15-16,19,23,26-27H,14,17-18H2,1-2H3,(H,30,31). The molecule has 3 N–H and O–H groups in total. The number of imidazole rings is 1. The molecule has 0 aliphatic carbocycles. The van der Waals surface area contributed by atoms with E-state index in [4.69, 9.17) is 9.68 Å². The van der Waals surface area contributed by atoms with Gasteiger partial charge in [0.1, 0.15) is 6.42 Å². The molecule has 33 heavy (non-hydrogen) atoms. The fourth-order valence-electron chi connectivity index (χ4n) is 3.86. The van der Waals surface area contributed by atoms with Gasteiger partial charge in [0.25, 0.3) is 0 Å². The van der Waals surface area contributed by atoms with E-state index in [1.165, 1.54) is 5.56 Å². The number of nitrogens with zero attached hydrogens (tertiary/aromatic N) is 2. The molecule has 1 aromatic heterocycles. The Morgan fingerprint density at radius 2 is 1.73 bits per heavy atom. The molecular formula is C25H30N4O4. The Labute approximate surface area is 193 Å². The molecule has 0 saturated carbocycles. The van der Waals surface area contributed by atoms with E-state index in [-0.39, 0.29) is 18.9 Å². The summed E-state index contributed by atoms with van der Waals surface area (Å²) in [5.41, 5.74) is 8.37. The normalized spacial score (nSPS) is 13.1. The van der Waals surface area contributed by atoms with Crippen LogP contribution in [0.4, 0.5) is 0 Å². The van der Waals surface area contributed by atoms with Crippen molar-refractivity contribution in [2.45, 2.75) is 31.1 Å². The van der Waals surface area contributed by atoms with Gasteiger partial charge in [-0.3, -0.25) is 14.5 Å².